The van der Waals surface area contributed by atoms with Crippen molar-refractivity contribution in [2.45, 2.75) is 38.1 Å². The number of halogens is 1. The third-order valence-corrected chi connectivity index (χ3v) is 6.71. The van der Waals surface area contributed by atoms with Crippen molar-refractivity contribution in [2.24, 2.45) is 0 Å². The summed E-state index contributed by atoms with van der Waals surface area (Å²) in [5, 5.41) is 1.43. The number of ether oxygens (including phenoxy) is 1. The Balaban J connectivity index is 1.87. The van der Waals surface area contributed by atoms with Crippen molar-refractivity contribution >= 4 is 34.8 Å². The lowest BCUT2D eigenvalue weighted by Gasteiger charge is -2.38. The molecule has 2 heterocycles. The molecule has 0 radical (unpaired) electrons. The third kappa shape index (κ3) is 5.05. The van der Waals surface area contributed by atoms with Crippen LogP contribution in [0.2, 0.25) is 0 Å². The van der Waals surface area contributed by atoms with Gasteiger partial charge >= 0.3 is 0 Å². The van der Waals surface area contributed by atoms with Crippen molar-refractivity contribution in [3.63, 3.8) is 0 Å². The lowest BCUT2D eigenvalue weighted by atomic mass is 9.90. The molecule has 2 aromatic rings. The molecule has 2 atom stereocenters. The van der Waals surface area contributed by atoms with Crippen LogP contribution in [0.1, 0.15) is 41.0 Å². The molecule has 1 aromatic heterocycles. The van der Waals surface area contributed by atoms with Crippen LogP contribution >= 0.6 is 22.9 Å². The fourth-order valence-corrected chi connectivity index (χ4v) is 5.03. The highest BCUT2D eigenvalue weighted by Gasteiger charge is 2.34. The van der Waals surface area contributed by atoms with E-state index >= 15 is 0 Å². The van der Waals surface area contributed by atoms with Gasteiger partial charge < -0.3 is 14.5 Å². The molecule has 0 bridgehead atoms. The van der Waals surface area contributed by atoms with Crippen LogP contribution in [0, 0.1) is 6.92 Å². The molecule has 0 N–H and O–H groups in total. The first kappa shape index (κ1) is 22.8. The van der Waals surface area contributed by atoms with Gasteiger partial charge in [-0.1, -0.05) is 24.3 Å². The Morgan fingerprint density at radius 2 is 2.07 bits per heavy atom. The van der Waals surface area contributed by atoms with Gasteiger partial charge in [-0.3, -0.25) is 9.59 Å². The SMILES string of the molecule is COCCCN(CC(=O)N1CCc2sccc2C1c1ccccc1C)C(=O)C(C)Cl. The van der Waals surface area contributed by atoms with Crippen LogP contribution in [-0.4, -0.2) is 60.3 Å². The van der Waals surface area contributed by atoms with Gasteiger partial charge in [0.1, 0.15) is 5.38 Å². The van der Waals surface area contributed by atoms with Crippen LogP contribution in [0.4, 0.5) is 0 Å². The topological polar surface area (TPSA) is 49.9 Å². The van der Waals surface area contributed by atoms with Crippen molar-refractivity contribution in [1.29, 1.82) is 0 Å². The van der Waals surface area contributed by atoms with E-state index in [-0.39, 0.29) is 24.4 Å². The number of alkyl halides is 1. The van der Waals surface area contributed by atoms with Gasteiger partial charge in [-0.2, -0.15) is 0 Å². The predicted molar refractivity (Wildman–Crippen MR) is 121 cm³/mol. The Morgan fingerprint density at radius 1 is 1.30 bits per heavy atom. The Kier molecular flexibility index (Phi) is 7.92. The molecule has 7 heteroatoms. The quantitative estimate of drug-likeness (QED) is 0.452. The summed E-state index contributed by atoms with van der Waals surface area (Å²) in [5.74, 6) is -0.273. The van der Waals surface area contributed by atoms with Crippen LogP contribution in [0.5, 0.6) is 0 Å². The number of methoxy groups -OCH3 is 1. The summed E-state index contributed by atoms with van der Waals surface area (Å²) >= 11 is 7.80. The summed E-state index contributed by atoms with van der Waals surface area (Å²) in [5.41, 5.74) is 3.48. The largest absolute Gasteiger partial charge is 0.385 e. The molecule has 5 nitrogen and oxygen atoms in total. The number of benzene rings is 1. The van der Waals surface area contributed by atoms with E-state index in [0.717, 1.165) is 17.5 Å². The fraction of sp³-hybridized carbons (Fsp3) is 0.478. The highest BCUT2D eigenvalue weighted by molar-refractivity contribution is 7.10. The van der Waals surface area contributed by atoms with E-state index in [1.54, 1.807) is 30.3 Å². The zero-order valence-electron chi connectivity index (χ0n) is 17.8. The van der Waals surface area contributed by atoms with E-state index in [4.69, 9.17) is 16.3 Å². The number of hydrogen-bond acceptors (Lipinski definition) is 4. The van der Waals surface area contributed by atoms with Gasteiger partial charge in [0.25, 0.3) is 0 Å². The summed E-state index contributed by atoms with van der Waals surface area (Å²) in [6, 6.07) is 10.2. The van der Waals surface area contributed by atoms with Crippen molar-refractivity contribution in [1.82, 2.24) is 9.80 Å². The number of fused-ring (bicyclic) bond motifs is 1. The van der Waals surface area contributed by atoms with Crippen LogP contribution < -0.4 is 0 Å². The van der Waals surface area contributed by atoms with Gasteiger partial charge in [0.15, 0.2) is 0 Å². The van der Waals surface area contributed by atoms with Crippen molar-refractivity contribution in [3.05, 3.63) is 57.3 Å². The average Bonchev–Trinajstić information content (AvgIpc) is 3.21. The number of thiophene rings is 1. The maximum Gasteiger partial charge on any atom is 0.242 e. The monoisotopic (exact) mass is 448 g/mol. The Morgan fingerprint density at radius 3 is 2.77 bits per heavy atom. The number of amides is 2. The molecule has 1 aromatic carbocycles. The highest BCUT2D eigenvalue weighted by Crippen LogP contribution is 2.39. The molecule has 0 aliphatic carbocycles. The lowest BCUT2D eigenvalue weighted by Crippen LogP contribution is -2.48. The second kappa shape index (κ2) is 10.4. The summed E-state index contributed by atoms with van der Waals surface area (Å²) in [4.78, 5) is 30.9. The standard InChI is InChI=1S/C23H29ClN2O3S/c1-16-7-4-5-8-18(16)22-19-10-14-30-20(19)9-12-26(22)21(27)15-25(11-6-13-29-3)23(28)17(2)24/h4-5,7-8,10,14,17,22H,6,9,11-13,15H2,1-3H3. The number of aryl methyl sites for hydroxylation is 1. The summed E-state index contributed by atoms with van der Waals surface area (Å²) < 4.78 is 5.11. The maximum absolute atomic E-state index is 13.5. The van der Waals surface area contributed by atoms with E-state index in [1.165, 1.54) is 10.4 Å². The highest BCUT2D eigenvalue weighted by atomic mass is 35.5. The van der Waals surface area contributed by atoms with E-state index in [9.17, 15) is 9.59 Å². The molecule has 0 spiro atoms. The summed E-state index contributed by atoms with van der Waals surface area (Å²) in [6.45, 7) is 5.37. The molecule has 3 rings (SSSR count). The minimum Gasteiger partial charge on any atom is -0.385 e. The third-order valence-electron chi connectivity index (χ3n) is 5.52. The molecular weight excluding hydrogens is 420 g/mol. The van der Waals surface area contributed by atoms with Crippen LogP contribution in [0.15, 0.2) is 35.7 Å². The van der Waals surface area contributed by atoms with Gasteiger partial charge in [-0.05, 0) is 54.8 Å². The van der Waals surface area contributed by atoms with Gasteiger partial charge in [-0.25, -0.2) is 0 Å². The second-order valence-electron chi connectivity index (χ2n) is 7.62. The zero-order valence-corrected chi connectivity index (χ0v) is 19.3. The average molecular weight is 449 g/mol. The summed E-state index contributed by atoms with van der Waals surface area (Å²) in [7, 11) is 1.63. The molecule has 1 aliphatic heterocycles. The molecular formula is C23H29ClN2O3S. The van der Waals surface area contributed by atoms with E-state index in [0.29, 0.717) is 26.1 Å². The van der Waals surface area contributed by atoms with Gasteiger partial charge in [0.2, 0.25) is 11.8 Å². The maximum atomic E-state index is 13.5. The van der Waals surface area contributed by atoms with Gasteiger partial charge in [0.05, 0.1) is 12.6 Å². The molecule has 2 amide bonds. The first-order valence-corrected chi connectivity index (χ1v) is 11.6. The number of carbonyl (C=O) groups excluding carboxylic acids is 2. The van der Waals surface area contributed by atoms with E-state index in [1.807, 2.05) is 17.0 Å². The minimum absolute atomic E-state index is 0.0292. The normalized spacial score (nSPS) is 16.8. The van der Waals surface area contributed by atoms with Crippen LogP contribution in [0.3, 0.4) is 0 Å². The number of rotatable bonds is 8. The number of nitrogens with zero attached hydrogens (tertiary/aromatic N) is 2. The van der Waals surface area contributed by atoms with Crippen LogP contribution in [-0.2, 0) is 20.7 Å². The molecule has 0 fully saturated rings. The molecule has 30 heavy (non-hydrogen) atoms. The molecule has 0 saturated heterocycles. The number of hydrogen-bond donors (Lipinski definition) is 0. The summed E-state index contributed by atoms with van der Waals surface area (Å²) in [6.07, 6.45) is 1.50. The Bertz CT molecular complexity index is 883. The first-order valence-electron chi connectivity index (χ1n) is 10.3. The van der Waals surface area contributed by atoms with Crippen molar-refractivity contribution in [3.8, 4) is 0 Å². The molecule has 2 unspecified atom stereocenters. The van der Waals surface area contributed by atoms with Gasteiger partial charge in [0, 0.05) is 31.7 Å². The first-order chi connectivity index (χ1) is 14.4. The second-order valence-corrected chi connectivity index (χ2v) is 9.27. The zero-order chi connectivity index (χ0) is 21.7. The van der Waals surface area contributed by atoms with Crippen LogP contribution in [0.25, 0.3) is 0 Å². The fourth-order valence-electron chi connectivity index (χ4n) is 3.99. The van der Waals surface area contributed by atoms with Crippen molar-refractivity contribution < 1.29 is 14.3 Å². The number of carbonyl (C=O) groups is 2. The lowest BCUT2D eigenvalue weighted by molar-refractivity contribution is -0.141. The molecule has 1 aliphatic rings. The molecule has 0 saturated carbocycles. The predicted octanol–water partition coefficient (Wildman–Crippen LogP) is 4.02. The van der Waals surface area contributed by atoms with E-state index in [2.05, 4.69) is 30.5 Å². The van der Waals surface area contributed by atoms with Crippen molar-refractivity contribution in [2.75, 3.05) is 33.4 Å². The Hall–Kier alpha value is -1.89. The van der Waals surface area contributed by atoms with Gasteiger partial charge in [-0.15, -0.1) is 22.9 Å². The molecule has 162 valence electrons. The van der Waals surface area contributed by atoms with E-state index < -0.39 is 5.38 Å². The minimum atomic E-state index is -0.669. The smallest absolute Gasteiger partial charge is 0.242 e. The Labute approximate surface area is 187 Å².